The summed E-state index contributed by atoms with van der Waals surface area (Å²) in [5.41, 5.74) is 2.30. The van der Waals surface area contributed by atoms with Crippen molar-refractivity contribution >= 4 is 34.9 Å². The quantitative estimate of drug-likeness (QED) is 0.641. The van der Waals surface area contributed by atoms with Gasteiger partial charge in [0.1, 0.15) is 5.69 Å². The normalized spacial score (nSPS) is 10.3. The highest BCUT2D eigenvalue weighted by atomic mass is 35.5. The second kappa shape index (κ2) is 7.31. The van der Waals surface area contributed by atoms with Gasteiger partial charge in [0.15, 0.2) is 12.4 Å². The van der Waals surface area contributed by atoms with Gasteiger partial charge in [0.2, 0.25) is 0 Å². The third-order valence-corrected chi connectivity index (χ3v) is 3.71. The van der Waals surface area contributed by atoms with Gasteiger partial charge in [-0.1, -0.05) is 11.6 Å². The summed E-state index contributed by atoms with van der Waals surface area (Å²) in [5, 5.41) is 3.14. The molecule has 0 aliphatic rings. The van der Waals surface area contributed by atoms with Crippen LogP contribution in [0, 0.1) is 13.8 Å². The number of benzene rings is 1. The number of ether oxygens (including phenoxy) is 1. The monoisotopic (exact) mass is 348 g/mol. The number of hydrogen-bond donors (Lipinski definition) is 2. The molecule has 0 aliphatic carbocycles. The van der Waals surface area contributed by atoms with Gasteiger partial charge in [-0.05, 0) is 50.6 Å². The molecule has 0 spiro atoms. The number of carbonyl (C=O) groups excluding carboxylic acids is 3. The molecule has 0 fully saturated rings. The fourth-order valence-electron chi connectivity index (χ4n) is 2.42. The van der Waals surface area contributed by atoms with Crippen LogP contribution in [0.2, 0.25) is 5.02 Å². The van der Waals surface area contributed by atoms with Crippen LogP contribution in [0.3, 0.4) is 0 Å². The number of aromatic amines is 1. The van der Waals surface area contributed by atoms with Gasteiger partial charge in [0.25, 0.3) is 5.91 Å². The smallest absolute Gasteiger partial charge is 0.355 e. The van der Waals surface area contributed by atoms with E-state index in [0.717, 1.165) is 0 Å². The molecule has 0 radical (unpaired) electrons. The number of ketones is 1. The van der Waals surface area contributed by atoms with Crippen LogP contribution < -0.4 is 5.32 Å². The lowest BCUT2D eigenvalue weighted by Gasteiger charge is -2.06. The number of Topliss-reactive ketones (excluding diaryl/α,β-unsaturated/α-hetero) is 1. The van der Waals surface area contributed by atoms with Crippen molar-refractivity contribution < 1.29 is 19.1 Å². The van der Waals surface area contributed by atoms with Crippen LogP contribution in [-0.4, -0.2) is 29.3 Å². The number of aryl methyl sites for hydroxylation is 1. The number of rotatable bonds is 5. The number of nitrogens with one attached hydrogen (secondary N) is 2. The average Bonchev–Trinajstić information content (AvgIpc) is 2.82. The number of carbonyl (C=O) groups is 3. The molecule has 0 aliphatic heterocycles. The maximum absolute atomic E-state index is 12.1. The summed E-state index contributed by atoms with van der Waals surface area (Å²) in [4.78, 5) is 38.3. The average molecular weight is 349 g/mol. The summed E-state index contributed by atoms with van der Waals surface area (Å²) in [6, 6.07) is 6.55. The maximum Gasteiger partial charge on any atom is 0.355 e. The Labute approximate surface area is 144 Å². The van der Waals surface area contributed by atoms with E-state index in [-0.39, 0.29) is 11.5 Å². The Hall–Kier alpha value is -2.60. The Balaban J connectivity index is 1.98. The lowest BCUT2D eigenvalue weighted by atomic mass is 10.1. The molecule has 0 unspecified atom stereocenters. The number of aromatic nitrogens is 1. The van der Waals surface area contributed by atoms with Crippen molar-refractivity contribution in [3.05, 3.63) is 51.8 Å². The highest BCUT2D eigenvalue weighted by Crippen LogP contribution is 2.19. The van der Waals surface area contributed by atoms with Gasteiger partial charge in [-0.3, -0.25) is 9.59 Å². The minimum absolute atomic E-state index is 0.138. The zero-order valence-electron chi connectivity index (χ0n) is 13.5. The van der Waals surface area contributed by atoms with E-state index in [2.05, 4.69) is 10.3 Å². The molecule has 1 heterocycles. The minimum Gasteiger partial charge on any atom is -0.451 e. The molecule has 2 rings (SSSR count). The number of amides is 1. The first-order valence-corrected chi connectivity index (χ1v) is 7.60. The highest BCUT2D eigenvalue weighted by Gasteiger charge is 2.21. The van der Waals surface area contributed by atoms with Gasteiger partial charge in [-0.15, -0.1) is 0 Å². The summed E-state index contributed by atoms with van der Waals surface area (Å²) >= 11 is 5.76. The Bertz CT molecular complexity index is 794. The lowest BCUT2D eigenvalue weighted by Crippen LogP contribution is -2.21. The molecular weight excluding hydrogens is 332 g/mol. The van der Waals surface area contributed by atoms with Crippen molar-refractivity contribution in [2.24, 2.45) is 0 Å². The molecule has 0 atom stereocenters. The van der Waals surface area contributed by atoms with E-state index in [0.29, 0.717) is 27.5 Å². The van der Waals surface area contributed by atoms with E-state index < -0.39 is 18.5 Å². The van der Waals surface area contributed by atoms with Crippen LogP contribution in [0.25, 0.3) is 0 Å². The van der Waals surface area contributed by atoms with Crippen LogP contribution in [0.1, 0.15) is 39.0 Å². The van der Waals surface area contributed by atoms with Crippen molar-refractivity contribution in [3.8, 4) is 0 Å². The van der Waals surface area contributed by atoms with Gasteiger partial charge >= 0.3 is 5.97 Å². The Kier molecular flexibility index (Phi) is 5.41. The zero-order valence-corrected chi connectivity index (χ0v) is 14.3. The molecule has 24 heavy (non-hydrogen) atoms. The topological polar surface area (TPSA) is 88.3 Å². The van der Waals surface area contributed by atoms with Crippen molar-refractivity contribution in [2.75, 3.05) is 11.9 Å². The van der Waals surface area contributed by atoms with Crippen LogP contribution in [0.15, 0.2) is 24.3 Å². The number of anilines is 1. The Morgan fingerprint density at radius 2 is 1.79 bits per heavy atom. The molecule has 0 saturated carbocycles. The highest BCUT2D eigenvalue weighted by molar-refractivity contribution is 6.30. The van der Waals surface area contributed by atoms with Crippen LogP contribution >= 0.6 is 11.6 Å². The molecule has 7 heteroatoms. The molecular formula is C17H17ClN2O4. The van der Waals surface area contributed by atoms with Crippen molar-refractivity contribution in [1.82, 2.24) is 4.98 Å². The summed E-state index contributed by atoms with van der Waals surface area (Å²) in [6.45, 7) is 4.35. The third-order valence-electron chi connectivity index (χ3n) is 3.46. The van der Waals surface area contributed by atoms with E-state index in [1.807, 2.05) is 0 Å². The molecule has 1 aromatic heterocycles. The molecule has 2 N–H and O–H groups in total. The SMILES string of the molecule is CC(=O)c1c(C)[nH]c(C(=O)OCC(=O)Nc2ccc(Cl)cc2)c1C. The van der Waals surface area contributed by atoms with Crippen molar-refractivity contribution in [3.63, 3.8) is 0 Å². The summed E-state index contributed by atoms with van der Waals surface area (Å²) in [7, 11) is 0. The maximum atomic E-state index is 12.1. The zero-order chi connectivity index (χ0) is 17.9. The molecule has 126 valence electrons. The second-order valence-corrected chi connectivity index (χ2v) is 5.75. The lowest BCUT2D eigenvalue weighted by molar-refractivity contribution is -0.119. The van der Waals surface area contributed by atoms with Crippen LogP contribution in [0.5, 0.6) is 0 Å². The van der Waals surface area contributed by atoms with Crippen LogP contribution in [-0.2, 0) is 9.53 Å². The Morgan fingerprint density at radius 3 is 2.33 bits per heavy atom. The third kappa shape index (κ3) is 4.02. The summed E-state index contributed by atoms with van der Waals surface area (Å²) in [6.07, 6.45) is 0. The standard InChI is InChI=1S/C17H17ClN2O4/c1-9-15(11(3)21)10(2)19-16(9)17(23)24-8-14(22)20-13-6-4-12(18)5-7-13/h4-7,19H,8H2,1-3H3,(H,20,22). The molecule has 1 amide bonds. The fraction of sp³-hybridized carbons (Fsp3) is 0.235. The van der Waals surface area contributed by atoms with E-state index in [1.54, 1.807) is 38.1 Å². The first kappa shape index (κ1) is 17.7. The molecule has 0 saturated heterocycles. The van der Waals surface area contributed by atoms with Crippen LogP contribution in [0.4, 0.5) is 5.69 Å². The van der Waals surface area contributed by atoms with Gasteiger partial charge in [0.05, 0.1) is 0 Å². The van der Waals surface area contributed by atoms with Gasteiger partial charge in [-0.2, -0.15) is 0 Å². The number of hydrogen-bond acceptors (Lipinski definition) is 4. The largest absolute Gasteiger partial charge is 0.451 e. The number of esters is 1. The van der Waals surface area contributed by atoms with Crippen molar-refractivity contribution in [2.45, 2.75) is 20.8 Å². The van der Waals surface area contributed by atoms with Gasteiger partial charge in [-0.25, -0.2) is 4.79 Å². The first-order valence-electron chi connectivity index (χ1n) is 7.22. The number of H-pyrrole nitrogens is 1. The van der Waals surface area contributed by atoms with E-state index in [1.165, 1.54) is 6.92 Å². The Morgan fingerprint density at radius 1 is 1.17 bits per heavy atom. The minimum atomic E-state index is -0.686. The van der Waals surface area contributed by atoms with Gasteiger partial charge < -0.3 is 15.0 Å². The molecule has 2 aromatic rings. The van der Waals surface area contributed by atoms with E-state index >= 15 is 0 Å². The predicted molar refractivity (Wildman–Crippen MR) is 90.6 cm³/mol. The second-order valence-electron chi connectivity index (χ2n) is 5.31. The summed E-state index contributed by atoms with van der Waals surface area (Å²) < 4.78 is 5.00. The first-order chi connectivity index (χ1) is 11.3. The summed E-state index contributed by atoms with van der Waals surface area (Å²) in [5.74, 6) is -1.30. The fourth-order valence-corrected chi connectivity index (χ4v) is 2.54. The number of halogens is 1. The molecule has 6 nitrogen and oxygen atoms in total. The van der Waals surface area contributed by atoms with E-state index in [4.69, 9.17) is 16.3 Å². The van der Waals surface area contributed by atoms with Gasteiger partial charge in [0, 0.05) is 22.0 Å². The predicted octanol–water partition coefficient (Wildman–Crippen LogP) is 3.28. The van der Waals surface area contributed by atoms with Crippen molar-refractivity contribution in [1.29, 1.82) is 0 Å². The molecule has 0 bridgehead atoms. The molecule has 1 aromatic carbocycles. The van der Waals surface area contributed by atoms with E-state index in [9.17, 15) is 14.4 Å².